The van der Waals surface area contributed by atoms with Gasteiger partial charge in [0.15, 0.2) is 0 Å². The van der Waals surface area contributed by atoms with Crippen molar-refractivity contribution in [2.45, 2.75) is 71.2 Å². The summed E-state index contributed by atoms with van der Waals surface area (Å²) < 4.78 is 6.96. The summed E-state index contributed by atoms with van der Waals surface area (Å²) in [4.78, 5) is 44.4. The monoisotopic (exact) mass is 463 g/mol. The highest BCUT2D eigenvalue weighted by atomic mass is 32.1. The van der Waals surface area contributed by atoms with Gasteiger partial charge in [-0.15, -0.1) is 11.3 Å². The molecule has 2 aromatic heterocycles. The van der Waals surface area contributed by atoms with E-state index in [4.69, 9.17) is 4.74 Å². The summed E-state index contributed by atoms with van der Waals surface area (Å²) in [5.41, 5.74) is -0.478. The Kier molecular flexibility index (Phi) is 7.04. The number of piperidine rings is 1. The van der Waals surface area contributed by atoms with E-state index >= 15 is 0 Å². The third-order valence-corrected chi connectivity index (χ3v) is 6.55. The molecule has 0 aromatic carbocycles. The molecule has 0 aliphatic carbocycles. The Hall–Kier alpha value is -2.72. The molecule has 174 valence electrons. The fourth-order valence-electron chi connectivity index (χ4n) is 3.87. The molecular formula is C22H29N3O6S. The first-order chi connectivity index (χ1) is 15.0. The Morgan fingerprint density at radius 1 is 1.31 bits per heavy atom. The van der Waals surface area contributed by atoms with Crippen LogP contribution in [0, 0.1) is 6.92 Å². The lowest BCUT2D eigenvalue weighted by Crippen LogP contribution is -2.51. The van der Waals surface area contributed by atoms with E-state index in [1.54, 1.807) is 32.6 Å². The van der Waals surface area contributed by atoms with Crippen LogP contribution in [0.5, 0.6) is 0 Å². The average Bonchev–Trinajstić information content (AvgIpc) is 3.08. The molecule has 3 heterocycles. The molecule has 10 heteroatoms. The minimum Gasteiger partial charge on any atom is -0.478 e. The van der Waals surface area contributed by atoms with Gasteiger partial charge < -0.3 is 24.4 Å². The number of aromatic nitrogens is 2. The lowest BCUT2D eigenvalue weighted by molar-refractivity contribution is 0.00460. The topological polar surface area (TPSA) is 122 Å². The maximum atomic E-state index is 13.0. The van der Waals surface area contributed by atoms with Crippen molar-refractivity contribution in [3.05, 3.63) is 49.8 Å². The van der Waals surface area contributed by atoms with Gasteiger partial charge in [-0.25, -0.2) is 14.6 Å². The molecule has 0 bridgehead atoms. The zero-order chi connectivity index (χ0) is 23.6. The molecule has 2 atom stereocenters. The summed E-state index contributed by atoms with van der Waals surface area (Å²) >= 11 is 1.26. The molecular weight excluding hydrogens is 434 g/mol. The lowest BCUT2D eigenvalue weighted by Gasteiger charge is -2.40. The fraction of sp³-hybridized carbons (Fsp3) is 0.545. The van der Waals surface area contributed by atoms with Crippen LogP contribution in [0.4, 0.5) is 4.79 Å². The Bertz CT molecular complexity index is 1050. The lowest BCUT2D eigenvalue weighted by atomic mass is 9.95. The number of aromatic carboxylic acids is 1. The number of aliphatic hydroxyl groups is 1. The first kappa shape index (κ1) is 23.9. The van der Waals surface area contributed by atoms with Crippen molar-refractivity contribution in [2.75, 3.05) is 6.54 Å². The maximum absolute atomic E-state index is 13.0. The van der Waals surface area contributed by atoms with E-state index in [0.29, 0.717) is 28.5 Å². The van der Waals surface area contributed by atoms with E-state index < -0.39 is 35.3 Å². The quantitative estimate of drug-likeness (QED) is 0.698. The molecule has 1 aliphatic rings. The van der Waals surface area contributed by atoms with Crippen molar-refractivity contribution in [3.63, 3.8) is 0 Å². The van der Waals surface area contributed by atoms with Crippen molar-refractivity contribution >= 4 is 23.4 Å². The van der Waals surface area contributed by atoms with Gasteiger partial charge >= 0.3 is 12.1 Å². The Morgan fingerprint density at radius 3 is 2.62 bits per heavy atom. The van der Waals surface area contributed by atoms with E-state index in [0.717, 1.165) is 12.8 Å². The molecule has 0 unspecified atom stereocenters. The summed E-state index contributed by atoms with van der Waals surface area (Å²) in [6.07, 6.45) is 3.05. The van der Waals surface area contributed by atoms with Crippen LogP contribution in [0.15, 0.2) is 23.1 Å². The number of carbonyl (C=O) groups is 2. The van der Waals surface area contributed by atoms with Gasteiger partial charge in [-0.2, -0.15) is 0 Å². The number of hydrogen-bond donors (Lipinski definition) is 2. The molecule has 2 N–H and O–H groups in total. The SMILES string of the molecule is Cc1nc([C@@H]([C@H]2CCCCN2C(=O)OC(C)(C)C)n2cc(C(=O)O)ccc2=O)sc1CO. The van der Waals surface area contributed by atoms with E-state index in [2.05, 4.69) is 4.98 Å². The summed E-state index contributed by atoms with van der Waals surface area (Å²) in [6.45, 7) is 7.41. The van der Waals surface area contributed by atoms with Crippen LogP contribution >= 0.6 is 11.3 Å². The number of carboxylic acid groups (broad SMARTS) is 1. The number of hydrogen-bond acceptors (Lipinski definition) is 7. The van der Waals surface area contributed by atoms with Gasteiger partial charge in [-0.3, -0.25) is 4.79 Å². The van der Waals surface area contributed by atoms with Gasteiger partial charge in [-0.1, -0.05) is 0 Å². The van der Waals surface area contributed by atoms with Crippen molar-refractivity contribution in [3.8, 4) is 0 Å². The zero-order valence-electron chi connectivity index (χ0n) is 18.7. The van der Waals surface area contributed by atoms with Crippen LogP contribution in [0.3, 0.4) is 0 Å². The molecule has 32 heavy (non-hydrogen) atoms. The number of pyridine rings is 1. The number of amides is 1. The van der Waals surface area contributed by atoms with Crippen molar-refractivity contribution in [1.82, 2.24) is 14.5 Å². The molecule has 0 spiro atoms. The predicted octanol–water partition coefficient (Wildman–Crippen LogP) is 3.18. The van der Waals surface area contributed by atoms with Crippen molar-refractivity contribution < 1.29 is 24.5 Å². The van der Waals surface area contributed by atoms with Gasteiger partial charge in [0.05, 0.1) is 28.8 Å². The fourth-order valence-corrected chi connectivity index (χ4v) is 4.96. The number of carboxylic acids is 1. The van der Waals surface area contributed by atoms with Gasteiger partial charge in [-0.05, 0) is 53.0 Å². The molecule has 9 nitrogen and oxygen atoms in total. The van der Waals surface area contributed by atoms with Crippen molar-refractivity contribution in [1.29, 1.82) is 0 Å². The van der Waals surface area contributed by atoms with E-state index in [1.165, 1.54) is 34.2 Å². The minimum atomic E-state index is -1.16. The first-order valence-electron chi connectivity index (χ1n) is 10.5. The second kappa shape index (κ2) is 9.41. The van der Waals surface area contributed by atoms with Crippen molar-refractivity contribution in [2.24, 2.45) is 0 Å². The second-order valence-corrected chi connectivity index (χ2v) is 9.98. The number of ether oxygens (including phenoxy) is 1. The summed E-state index contributed by atoms with van der Waals surface area (Å²) in [5.74, 6) is -1.16. The third-order valence-electron chi connectivity index (χ3n) is 5.33. The minimum absolute atomic E-state index is 0.0371. The summed E-state index contributed by atoms with van der Waals surface area (Å²) in [6, 6.07) is 1.30. The molecule has 1 saturated heterocycles. The normalized spacial score (nSPS) is 17.8. The predicted molar refractivity (Wildman–Crippen MR) is 119 cm³/mol. The molecule has 3 rings (SSSR count). The van der Waals surface area contributed by atoms with E-state index in [9.17, 15) is 24.6 Å². The van der Waals surface area contributed by atoms with Gasteiger partial charge in [0, 0.05) is 18.8 Å². The molecule has 1 fully saturated rings. The smallest absolute Gasteiger partial charge is 0.410 e. The number of carbonyl (C=O) groups excluding carboxylic acids is 1. The Balaban J connectivity index is 2.15. The highest BCUT2D eigenvalue weighted by Crippen LogP contribution is 2.35. The Morgan fingerprint density at radius 2 is 2.03 bits per heavy atom. The van der Waals surface area contributed by atoms with Crippen LogP contribution in [-0.4, -0.2) is 54.9 Å². The summed E-state index contributed by atoms with van der Waals surface area (Å²) in [7, 11) is 0. The van der Waals surface area contributed by atoms with Crippen LogP contribution in [-0.2, 0) is 11.3 Å². The summed E-state index contributed by atoms with van der Waals surface area (Å²) in [5, 5.41) is 19.7. The second-order valence-electron chi connectivity index (χ2n) is 8.87. The number of thiazole rings is 1. The zero-order valence-corrected chi connectivity index (χ0v) is 19.5. The highest BCUT2D eigenvalue weighted by molar-refractivity contribution is 7.11. The highest BCUT2D eigenvalue weighted by Gasteiger charge is 2.39. The van der Waals surface area contributed by atoms with Gasteiger partial charge in [0.25, 0.3) is 5.56 Å². The van der Waals surface area contributed by atoms with E-state index in [-0.39, 0.29) is 12.2 Å². The third kappa shape index (κ3) is 5.18. The first-order valence-corrected chi connectivity index (χ1v) is 11.4. The average molecular weight is 464 g/mol. The molecule has 1 amide bonds. The Labute approximate surface area is 190 Å². The molecule has 1 aliphatic heterocycles. The van der Waals surface area contributed by atoms with Crippen LogP contribution in [0.2, 0.25) is 0 Å². The molecule has 0 radical (unpaired) electrons. The number of rotatable bonds is 5. The van der Waals surface area contributed by atoms with E-state index in [1.807, 2.05) is 0 Å². The van der Waals surface area contributed by atoms with Crippen LogP contribution in [0.1, 0.15) is 72.0 Å². The molecule has 2 aromatic rings. The van der Waals surface area contributed by atoms with Crippen LogP contribution in [0.25, 0.3) is 0 Å². The van der Waals surface area contributed by atoms with Gasteiger partial charge in [0.1, 0.15) is 16.7 Å². The molecule has 0 saturated carbocycles. The number of aryl methyl sites for hydroxylation is 1. The largest absolute Gasteiger partial charge is 0.478 e. The standard InChI is InChI=1S/C22H29N3O6S/c1-13-16(12-26)32-19(23-13)18(25-11-14(20(28)29)8-9-17(25)27)15-7-5-6-10-24(15)21(30)31-22(2,3)4/h8-9,11,15,18,26H,5-7,10,12H2,1-4H3,(H,28,29)/t15-,18-/m1/s1. The number of nitrogens with zero attached hydrogens (tertiary/aromatic N) is 3. The van der Waals surface area contributed by atoms with Crippen LogP contribution < -0.4 is 5.56 Å². The maximum Gasteiger partial charge on any atom is 0.410 e. The number of aliphatic hydroxyl groups excluding tert-OH is 1. The van der Waals surface area contributed by atoms with Gasteiger partial charge in [0.2, 0.25) is 0 Å². The number of likely N-dealkylation sites (tertiary alicyclic amines) is 1.